The van der Waals surface area contributed by atoms with Crippen LogP contribution in [0.1, 0.15) is 37.7 Å². The summed E-state index contributed by atoms with van der Waals surface area (Å²) < 4.78 is 5.52. The first-order valence-electron chi connectivity index (χ1n) is 7.85. The Bertz CT molecular complexity index is 639. The first kappa shape index (κ1) is 14.9. The van der Waals surface area contributed by atoms with E-state index in [4.69, 9.17) is 4.74 Å². The number of para-hydroxylation sites is 1. The van der Waals surface area contributed by atoms with Crippen molar-refractivity contribution in [2.75, 3.05) is 25.2 Å². The van der Waals surface area contributed by atoms with Crippen LogP contribution in [-0.2, 0) is 4.74 Å². The Morgan fingerprint density at radius 2 is 2.00 bits per heavy atom. The molecule has 114 valence electrons. The van der Waals surface area contributed by atoms with Gasteiger partial charge in [-0.25, -0.2) is 0 Å². The van der Waals surface area contributed by atoms with Gasteiger partial charge in [-0.05, 0) is 30.9 Å². The van der Waals surface area contributed by atoms with Crippen LogP contribution < -0.4 is 4.90 Å². The molecule has 0 radical (unpaired) electrons. The lowest BCUT2D eigenvalue weighted by atomic mass is 9.56. The Morgan fingerprint density at radius 1 is 1.27 bits per heavy atom. The molecule has 2 aliphatic heterocycles. The number of anilines is 1. The number of benzene rings is 1. The number of fused-ring (bicyclic) bond motifs is 3. The Balaban J connectivity index is 2.31. The summed E-state index contributed by atoms with van der Waals surface area (Å²) in [5.74, 6) is -0.136. The van der Waals surface area contributed by atoms with Crippen molar-refractivity contribution in [1.82, 2.24) is 0 Å². The molecular weight excluding hydrogens is 274 g/mol. The Labute approximate surface area is 131 Å². The van der Waals surface area contributed by atoms with Gasteiger partial charge in [-0.3, -0.25) is 0 Å². The molecule has 2 atom stereocenters. The molecule has 0 unspecified atom stereocenters. The van der Waals surface area contributed by atoms with E-state index in [0.29, 0.717) is 6.61 Å². The molecule has 1 aromatic carbocycles. The minimum atomic E-state index is -1.09. The van der Waals surface area contributed by atoms with Gasteiger partial charge in [0.25, 0.3) is 0 Å². The standard InChI is InChI=1S/C18H21N3O/c1-14-15-7-3-4-8-16(15)21-10-6-5-9-18(21,13-22-2)17(14,11-19)12-20/h3-4,7-8,14H,5-6,9-10,13H2,1-2H3/t14-,18+/m1/s1. The molecule has 4 nitrogen and oxygen atoms in total. The van der Waals surface area contributed by atoms with Gasteiger partial charge in [-0.2, -0.15) is 10.5 Å². The zero-order chi connectivity index (χ0) is 15.8. The van der Waals surface area contributed by atoms with Gasteiger partial charge in [0, 0.05) is 25.3 Å². The molecule has 0 saturated carbocycles. The van der Waals surface area contributed by atoms with Crippen molar-refractivity contribution in [3.05, 3.63) is 29.8 Å². The third-order valence-corrected chi connectivity index (χ3v) is 5.55. The molecule has 0 amide bonds. The normalized spacial score (nSPS) is 28.9. The van der Waals surface area contributed by atoms with Crippen LogP contribution in [0.25, 0.3) is 0 Å². The monoisotopic (exact) mass is 295 g/mol. The highest BCUT2D eigenvalue weighted by atomic mass is 16.5. The van der Waals surface area contributed by atoms with Crippen molar-refractivity contribution < 1.29 is 4.74 Å². The lowest BCUT2D eigenvalue weighted by Crippen LogP contribution is -2.68. The number of nitrogens with zero attached hydrogens (tertiary/aromatic N) is 3. The number of hydrogen-bond donors (Lipinski definition) is 0. The fraction of sp³-hybridized carbons (Fsp3) is 0.556. The molecule has 2 heterocycles. The van der Waals surface area contributed by atoms with Crippen LogP contribution in [0.2, 0.25) is 0 Å². The van der Waals surface area contributed by atoms with E-state index >= 15 is 0 Å². The maximum atomic E-state index is 10.0. The molecule has 0 bridgehead atoms. The van der Waals surface area contributed by atoms with Crippen LogP contribution >= 0.6 is 0 Å². The second-order valence-electron chi connectivity index (χ2n) is 6.39. The number of ether oxygens (including phenoxy) is 1. The molecule has 4 heteroatoms. The molecule has 1 saturated heterocycles. The lowest BCUT2D eigenvalue weighted by Gasteiger charge is -2.59. The van der Waals surface area contributed by atoms with Gasteiger partial charge in [0.1, 0.15) is 0 Å². The summed E-state index contributed by atoms with van der Waals surface area (Å²) >= 11 is 0. The highest BCUT2D eigenvalue weighted by Crippen LogP contribution is 2.57. The van der Waals surface area contributed by atoms with Gasteiger partial charge in [-0.1, -0.05) is 25.1 Å². The molecule has 0 aromatic heterocycles. The third-order valence-electron chi connectivity index (χ3n) is 5.55. The van der Waals surface area contributed by atoms with Crippen molar-refractivity contribution in [2.45, 2.75) is 37.6 Å². The number of methoxy groups -OCH3 is 1. The number of rotatable bonds is 2. The summed E-state index contributed by atoms with van der Waals surface area (Å²) in [6.45, 7) is 3.29. The van der Waals surface area contributed by atoms with Crippen molar-refractivity contribution >= 4 is 5.69 Å². The van der Waals surface area contributed by atoms with Crippen molar-refractivity contribution in [1.29, 1.82) is 10.5 Å². The maximum Gasteiger partial charge on any atom is 0.175 e. The van der Waals surface area contributed by atoms with Crippen molar-refractivity contribution in [2.24, 2.45) is 5.41 Å². The fourth-order valence-electron chi connectivity index (χ4n) is 4.46. The Morgan fingerprint density at radius 3 is 2.68 bits per heavy atom. The molecule has 1 fully saturated rings. The quantitative estimate of drug-likeness (QED) is 0.840. The molecule has 0 spiro atoms. The molecule has 2 aliphatic rings. The second kappa shape index (κ2) is 5.30. The highest BCUT2D eigenvalue weighted by Gasteiger charge is 2.63. The van der Waals surface area contributed by atoms with E-state index in [0.717, 1.165) is 37.1 Å². The van der Waals surface area contributed by atoms with Gasteiger partial charge in [0.15, 0.2) is 5.41 Å². The number of piperidine rings is 1. The van der Waals surface area contributed by atoms with Crippen LogP contribution in [0.3, 0.4) is 0 Å². The summed E-state index contributed by atoms with van der Waals surface area (Å²) in [6, 6.07) is 13.0. The fourth-order valence-corrected chi connectivity index (χ4v) is 4.46. The van der Waals surface area contributed by atoms with E-state index in [1.165, 1.54) is 0 Å². The van der Waals surface area contributed by atoms with E-state index in [-0.39, 0.29) is 5.92 Å². The average Bonchev–Trinajstić information content (AvgIpc) is 2.56. The van der Waals surface area contributed by atoms with Gasteiger partial charge in [-0.15, -0.1) is 0 Å². The first-order chi connectivity index (χ1) is 10.7. The minimum absolute atomic E-state index is 0.136. The summed E-state index contributed by atoms with van der Waals surface area (Å²) in [4.78, 5) is 2.28. The zero-order valence-electron chi connectivity index (χ0n) is 13.2. The van der Waals surface area contributed by atoms with Crippen LogP contribution in [-0.4, -0.2) is 25.8 Å². The van der Waals surface area contributed by atoms with Crippen LogP contribution in [0.15, 0.2) is 24.3 Å². The zero-order valence-corrected chi connectivity index (χ0v) is 13.2. The first-order valence-corrected chi connectivity index (χ1v) is 7.85. The van der Waals surface area contributed by atoms with Gasteiger partial charge in [0.2, 0.25) is 0 Å². The van der Waals surface area contributed by atoms with Crippen LogP contribution in [0, 0.1) is 28.1 Å². The van der Waals surface area contributed by atoms with E-state index in [2.05, 4.69) is 29.2 Å². The van der Waals surface area contributed by atoms with Gasteiger partial charge in [0.05, 0.1) is 24.3 Å². The lowest BCUT2D eigenvalue weighted by molar-refractivity contribution is 0.0473. The molecular formula is C18H21N3O. The van der Waals surface area contributed by atoms with Crippen molar-refractivity contribution in [3.8, 4) is 12.1 Å². The highest BCUT2D eigenvalue weighted by molar-refractivity contribution is 5.65. The van der Waals surface area contributed by atoms with Crippen LogP contribution in [0.4, 0.5) is 5.69 Å². The summed E-state index contributed by atoms with van der Waals surface area (Å²) in [7, 11) is 1.66. The van der Waals surface area contributed by atoms with E-state index in [9.17, 15) is 10.5 Å². The molecule has 0 N–H and O–H groups in total. The largest absolute Gasteiger partial charge is 0.382 e. The summed E-state index contributed by atoms with van der Waals surface area (Å²) in [5.41, 5.74) is 0.613. The molecule has 3 rings (SSSR count). The van der Waals surface area contributed by atoms with Crippen molar-refractivity contribution in [3.63, 3.8) is 0 Å². The smallest absolute Gasteiger partial charge is 0.175 e. The predicted molar refractivity (Wildman–Crippen MR) is 84.3 cm³/mol. The SMILES string of the molecule is COC[C@]12CCCCN1c1ccccc1[C@@H](C)C2(C#N)C#N. The van der Waals surface area contributed by atoms with Gasteiger partial charge >= 0.3 is 0 Å². The third kappa shape index (κ3) is 1.65. The molecule has 22 heavy (non-hydrogen) atoms. The summed E-state index contributed by atoms with van der Waals surface area (Å²) in [6.07, 6.45) is 2.93. The Kier molecular flexibility index (Phi) is 3.59. The van der Waals surface area contributed by atoms with Crippen LogP contribution in [0.5, 0.6) is 0 Å². The topological polar surface area (TPSA) is 60.0 Å². The van der Waals surface area contributed by atoms with E-state index in [1.807, 2.05) is 19.1 Å². The summed E-state index contributed by atoms with van der Waals surface area (Å²) in [5, 5.41) is 20.0. The molecule has 0 aliphatic carbocycles. The maximum absolute atomic E-state index is 10.0. The number of nitriles is 2. The second-order valence-corrected chi connectivity index (χ2v) is 6.39. The average molecular weight is 295 g/mol. The minimum Gasteiger partial charge on any atom is -0.382 e. The van der Waals surface area contributed by atoms with E-state index in [1.54, 1.807) is 7.11 Å². The predicted octanol–water partition coefficient (Wildman–Crippen LogP) is 3.21. The Hall–Kier alpha value is -2.04. The number of hydrogen-bond acceptors (Lipinski definition) is 4. The van der Waals surface area contributed by atoms with Gasteiger partial charge < -0.3 is 9.64 Å². The van der Waals surface area contributed by atoms with E-state index < -0.39 is 11.0 Å². The molecule has 1 aromatic rings.